The number of carbonyl (C=O) groups excluding carboxylic acids is 1. The second kappa shape index (κ2) is 8.74. The summed E-state index contributed by atoms with van der Waals surface area (Å²) in [6.45, 7) is 2.07. The normalized spacial score (nSPS) is 15.6. The van der Waals surface area contributed by atoms with Gasteiger partial charge < -0.3 is 14.6 Å². The van der Waals surface area contributed by atoms with Crippen LogP contribution in [0.3, 0.4) is 0 Å². The second-order valence-corrected chi connectivity index (χ2v) is 7.14. The van der Waals surface area contributed by atoms with Crippen LogP contribution < -0.4 is 10.2 Å². The van der Waals surface area contributed by atoms with Gasteiger partial charge in [0.1, 0.15) is 17.6 Å². The van der Waals surface area contributed by atoms with E-state index in [9.17, 15) is 4.79 Å². The zero-order chi connectivity index (χ0) is 19.2. The maximum Gasteiger partial charge on any atom is 0.253 e. The molecule has 5 nitrogen and oxygen atoms in total. The molecule has 0 radical (unpaired) electrons. The van der Waals surface area contributed by atoms with E-state index >= 15 is 0 Å². The number of aromatic nitrogens is 1. The van der Waals surface area contributed by atoms with E-state index in [1.165, 1.54) is 25.7 Å². The van der Waals surface area contributed by atoms with Crippen LogP contribution in [0.25, 0.3) is 0 Å². The molecule has 5 heteroatoms. The number of rotatable bonds is 5. The number of nitrogens with zero attached hydrogens (tertiary/aromatic N) is 2. The predicted octanol–water partition coefficient (Wildman–Crippen LogP) is 4.57. The van der Waals surface area contributed by atoms with Gasteiger partial charge in [0.05, 0.1) is 11.8 Å². The number of pyridine rings is 1. The minimum Gasteiger partial charge on any atom is -0.467 e. The molecule has 0 unspecified atom stereocenters. The van der Waals surface area contributed by atoms with Crippen LogP contribution >= 0.6 is 0 Å². The van der Waals surface area contributed by atoms with Crippen molar-refractivity contribution < 1.29 is 9.21 Å². The highest BCUT2D eigenvalue weighted by Gasteiger charge is 2.20. The topological polar surface area (TPSA) is 58.4 Å². The zero-order valence-corrected chi connectivity index (χ0v) is 15.9. The molecular formula is C23H25N3O2. The molecule has 0 saturated carbocycles. The fourth-order valence-corrected chi connectivity index (χ4v) is 3.64. The summed E-state index contributed by atoms with van der Waals surface area (Å²) in [5, 5.41) is 3.07. The van der Waals surface area contributed by atoms with E-state index in [2.05, 4.69) is 15.2 Å². The molecule has 1 aliphatic rings. The van der Waals surface area contributed by atoms with Crippen molar-refractivity contribution >= 4 is 11.7 Å². The Morgan fingerprint density at radius 2 is 1.75 bits per heavy atom. The molecule has 28 heavy (non-hydrogen) atoms. The van der Waals surface area contributed by atoms with Crippen molar-refractivity contribution in [2.75, 3.05) is 18.0 Å². The lowest BCUT2D eigenvalue weighted by Gasteiger charge is -2.21. The summed E-state index contributed by atoms with van der Waals surface area (Å²) < 4.78 is 5.56. The average Bonchev–Trinajstić information content (AvgIpc) is 3.14. The molecule has 3 aromatic rings. The Bertz CT molecular complexity index is 868. The number of anilines is 1. The first kappa shape index (κ1) is 18.3. The van der Waals surface area contributed by atoms with E-state index < -0.39 is 0 Å². The van der Waals surface area contributed by atoms with E-state index in [1.54, 1.807) is 12.5 Å². The Labute approximate surface area is 165 Å². The number of benzene rings is 1. The molecule has 3 heterocycles. The minimum atomic E-state index is -0.339. The van der Waals surface area contributed by atoms with Gasteiger partial charge >= 0.3 is 0 Å². The van der Waals surface area contributed by atoms with Gasteiger partial charge in [0.2, 0.25) is 0 Å². The van der Waals surface area contributed by atoms with Gasteiger partial charge in [0.15, 0.2) is 0 Å². The number of hydrogen-bond donors (Lipinski definition) is 1. The molecule has 4 rings (SSSR count). The van der Waals surface area contributed by atoms with Gasteiger partial charge in [-0.15, -0.1) is 0 Å². The molecule has 0 spiro atoms. The van der Waals surface area contributed by atoms with Gasteiger partial charge in [-0.25, -0.2) is 4.98 Å². The standard InChI is InChI=1S/C23H25N3O2/c27-23(19-12-13-21(24-17-19)26-14-6-1-2-7-15-26)25-22(20-11-8-16-28-20)18-9-4-3-5-10-18/h3-5,8-13,16-17,22H,1-2,6-7,14-15H2,(H,25,27)/t22-/m0/s1. The first-order valence-corrected chi connectivity index (χ1v) is 9.91. The molecule has 1 saturated heterocycles. The summed E-state index contributed by atoms with van der Waals surface area (Å²) in [7, 11) is 0. The van der Waals surface area contributed by atoms with E-state index in [-0.39, 0.29) is 11.9 Å². The summed E-state index contributed by atoms with van der Waals surface area (Å²) in [5.41, 5.74) is 1.52. The fraction of sp³-hybridized carbons (Fsp3) is 0.304. The first-order chi connectivity index (χ1) is 13.8. The van der Waals surface area contributed by atoms with Gasteiger partial charge in [0, 0.05) is 19.3 Å². The van der Waals surface area contributed by atoms with Crippen molar-refractivity contribution in [3.05, 3.63) is 83.9 Å². The molecule has 0 aliphatic carbocycles. The van der Waals surface area contributed by atoms with Crippen molar-refractivity contribution in [3.8, 4) is 0 Å². The number of nitrogens with one attached hydrogen (secondary N) is 1. The smallest absolute Gasteiger partial charge is 0.253 e. The highest BCUT2D eigenvalue weighted by molar-refractivity contribution is 5.94. The summed E-state index contributed by atoms with van der Waals surface area (Å²) >= 11 is 0. The first-order valence-electron chi connectivity index (χ1n) is 9.91. The monoisotopic (exact) mass is 375 g/mol. The summed E-state index contributed by atoms with van der Waals surface area (Å²) in [5.74, 6) is 1.48. The summed E-state index contributed by atoms with van der Waals surface area (Å²) in [4.78, 5) is 19.7. The molecule has 1 atom stereocenters. The molecule has 1 aliphatic heterocycles. The summed E-state index contributed by atoms with van der Waals surface area (Å²) in [6, 6.07) is 17.0. The minimum absolute atomic E-state index is 0.167. The lowest BCUT2D eigenvalue weighted by atomic mass is 10.0. The third-order valence-corrected chi connectivity index (χ3v) is 5.18. The van der Waals surface area contributed by atoms with E-state index in [0.29, 0.717) is 11.3 Å². The van der Waals surface area contributed by atoms with E-state index in [0.717, 1.165) is 24.5 Å². The van der Waals surface area contributed by atoms with Crippen molar-refractivity contribution in [1.29, 1.82) is 0 Å². The number of carbonyl (C=O) groups is 1. The highest BCUT2D eigenvalue weighted by atomic mass is 16.3. The largest absolute Gasteiger partial charge is 0.467 e. The van der Waals surface area contributed by atoms with Crippen LogP contribution in [0.5, 0.6) is 0 Å². The molecule has 1 amide bonds. The molecular weight excluding hydrogens is 350 g/mol. The summed E-state index contributed by atoms with van der Waals surface area (Å²) in [6.07, 6.45) is 8.25. The molecule has 1 fully saturated rings. The van der Waals surface area contributed by atoms with Gasteiger partial charge in [-0.1, -0.05) is 43.2 Å². The van der Waals surface area contributed by atoms with Crippen molar-refractivity contribution in [2.45, 2.75) is 31.7 Å². The molecule has 2 aromatic heterocycles. The Kier molecular flexibility index (Phi) is 5.71. The second-order valence-electron chi connectivity index (χ2n) is 7.14. The zero-order valence-electron chi connectivity index (χ0n) is 15.9. The Morgan fingerprint density at radius 1 is 0.964 bits per heavy atom. The van der Waals surface area contributed by atoms with Crippen LogP contribution in [0.2, 0.25) is 0 Å². The van der Waals surface area contributed by atoms with Crippen LogP contribution in [-0.4, -0.2) is 24.0 Å². The number of furan rings is 1. The Morgan fingerprint density at radius 3 is 2.39 bits per heavy atom. The van der Waals surface area contributed by atoms with Crippen LogP contribution in [0, 0.1) is 0 Å². The Hall–Kier alpha value is -3.08. The lowest BCUT2D eigenvalue weighted by molar-refractivity contribution is 0.0938. The van der Waals surface area contributed by atoms with Crippen LogP contribution in [0.15, 0.2) is 71.5 Å². The highest BCUT2D eigenvalue weighted by Crippen LogP contribution is 2.23. The molecule has 0 bridgehead atoms. The molecule has 144 valence electrons. The average molecular weight is 375 g/mol. The number of hydrogen-bond acceptors (Lipinski definition) is 4. The van der Waals surface area contributed by atoms with Crippen LogP contribution in [-0.2, 0) is 0 Å². The third-order valence-electron chi connectivity index (χ3n) is 5.18. The van der Waals surface area contributed by atoms with Gasteiger partial charge in [-0.05, 0) is 42.7 Å². The van der Waals surface area contributed by atoms with Gasteiger partial charge in [-0.2, -0.15) is 0 Å². The van der Waals surface area contributed by atoms with Crippen LogP contribution in [0.1, 0.15) is 53.4 Å². The Balaban J connectivity index is 1.50. The van der Waals surface area contributed by atoms with Crippen molar-refractivity contribution in [3.63, 3.8) is 0 Å². The maximum absolute atomic E-state index is 12.9. The van der Waals surface area contributed by atoms with E-state index in [4.69, 9.17) is 4.42 Å². The van der Waals surface area contributed by atoms with Crippen molar-refractivity contribution in [2.24, 2.45) is 0 Å². The third kappa shape index (κ3) is 4.25. The van der Waals surface area contributed by atoms with Crippen molar-refractivity contribution in [1.82, 2.24) is 10.3 Å². The lowest BCUT2D eigenvalue weighted by Crippen LogP contribution is -2.29. The van der Waals surface area contributed by atoms with Gasteiger partial charge in [0.25, 0.3) is 5.91 Å². The number of amides is 1. The van der Waals surface area contributed by atoms with Crippen LogP contribution in [0.4, 0.5) is 5.82 Å². The van der Waals surface area contributed by atoms with Gasteiger partial charge in [-0.3, -0.25) is 4.79 Å². The fourth-order valence-electron chi connectivity index (χ4n) is 3.64. The molecule has 1 aromatic carbocycles. The van der Waals surface area contributed by atoms with E-state index in [1.807, 2.05) is 54.6 Å². The quantitative estimate of drug-likeness (QED) is 0.709. The predicted molar refractivity (Wildman–Crippen MR) is 109 cm³/mol. The molecule has 1 N–H and O–H groups in total. The SMILES string of the molecule is O=C(N[C@@H](c1ccccc1)c1ccco1)c1ccc(N2CCCCCC2)nc1. The maximum atomic E-state index is 12.9.